The van der Waals surface area contributed by atoms with Gasteiger partial charge in [0.1, 0.15) is 15.9 Å². The Kier molecular flexibility index (Phi) is 6.34. The first-order valence-electron chi connectivity index (χ1n) is 6.93. The SMILES string of the molecule is CSC(=NCC(=O)Nc1sc2c(c1C(N)=O)CCCC2)SC. The average Bonchev–Trinajstić information content (AvgIpc) is 2.86. The Balaban J connectivity index is 2.15. The molecule has 0 bridgehead atoms. The zero-order valence-electron chi connectivity index (χ0n) is 12.6. The Morgan fingerprint density at radius 1 is 1.27 bits per heavy atom. The molecule has 0 aromatic carbocycles. The van der Waals surface area contributed by atoms with Crippen molar-refractivity contribution in [3.8, 4) is 0 Å². The van der Waals surface area contributed by atoms with Crippen molar-refractivity contribution in [2.75, 3.05) is 24.4 Å². The number of aryl methyl sites for hydroxylation is 1. The fourth-order valence-electron chi connectivity index (χ4n) is 2.43. The molecule has 0 spiro atoms. The maximum absolute atomic E-state index is 12.1. The van der Waals surface area contributed by atoms with Crippen molar-refractivity contribution in [2.24, 2.45) is 10.7 Å². The molecule has 0 radical (unpaired) electrons. The van der Waals surface area contributed by atoms with Gasteiger partial charge in [0, 0.05) is 4.88 Å². The van der Waals surface area contributed by atoms with Crippen LogP contribution in [0, 0.1) is 0 Å². The Hall–Kier alpha value is -0.990. The molecule has 1 aliphatic rings. The molecule has 0 saturated heterocycles. The highest BCUT2D eigenvalue weighted by atomic mass is 32.2. The van der Waals surface area contributed by atoms with E-state index in [9.17, 15) is 9.59 Å². The van der Waals surface area contributed by atoms with E-state index >= 15 is 0 Å². The zero-order chi connectivity index (χ0) is 16.1. The van der Waals surface area contributed by atoms with E-state index in [0.29, 0.717) is 10.6 Å². The second-order valence-electron chi connectivity index (χ2n) is 4.82. The molecule has 0 fully saturated rings. The second kappa shape index (κ2) is 8.03. The fourth-order valence-corrected chi connectivity index (χ4v) is 4.79. The van der Waals surface area contributed by atoms with Crippen LogP contribution in [0.3, 0.4) is 0 Å². The standard InChI is InChI=1S/C14H19N3O2S3/c1-20-14(21-2)16-7-10(18)17-13-11(12(15)19)8-5-3-4-6-9(8)22-13/h3-7H2,1-2H3,(H2,15,19)(H,17,18). The van der Waals surface area contributed by atoms with Gasteiger partial charge in [0.2, 0.25) is 5.91 Å². The molecule has 0 atom stereocenters. The van der Waals surface area contributed by atoms with E-state index in [1.807, 2.05) is 12.5 Å². The van der Waals surface area contributed by atoms with Gasteiger partial charge in [-0.15, -0.1) is 34.9 Å². The normalized spacial score (nSPS) is 13.4. The van der Waals surface area contributed by atoms with Crippen molar-refractivity contribution in [3.63, 3.8) is 0 Å². The molecule has 1 aliphatic carbocycles. The first-order chi connectivity index (χ1) is 10.6. The summed E-state index contributed by atoms with van der Waals surface area (Å²) in [6.45, 7) is 0.0534. The average molecular weight is 358 g/mol. The fraction of sp³-hybridized carbons (Fsp3) is 0.500. The number of nitrogens with zero attached hydrogens (tertiary/aromatic N) is 1. The molecule has 2 rings (SSSR count). The topological polar surface area (TPSA) is 84.6 Å². The molecule has 120 valence electrons. The number of hydrogen-bond donors (Lipinski definition) is 2. The Morgan fingerprint density at radius 2 is 1.95 bits per heavy atom. The number of amides is 2. The largest absolute Gasteiger partial charge is 0.365 e. The highest BCUT2D eigenvalue weighted by Crippen LogP contribution is 2.37. The molecular formula is C14H19N3O2S3. The van der Waals surface area contributed by atoms with Gasteiger partial charge < -0.3 is 11.1 Å². The molecule has 8 heteroatoms. The summed E-state index contributed by atoms with van der Waals surface area (Å²) in [5, 5.41) is 3.38. The van der Waals surface area contributed by atoms with Gasteiger partial charge in [-0.25, -0.2) is 0 Å². The van der Waals surface area contributed by atoms with E-state index in [0.717, 1.165) is 35.6 Å². The van der Waals surface area contributed by atoms with Gasteiger partial charge in [0.25, 0.3) is 5.91 Å². The van der Waals surface area contributed by atoms with Crippen molar-refractivity contribution >= 4 is 56.1 Å². The summed E-state index contributed by atoms with van der Waals surface area (Å²) in [4.78, 5) is 29.2. The summed E-state index contributed by atoms with van der Waals surface area (Å²) in [5.74, 6) is -0.686. The summed E-state index contributed by atoms with van der Waals surface area (Å²) in [6.07, 6.45) is 7.84. The Morgan fingerprint density at radius 3 is 2.59 bits per heavy atom. The van der Waals surface area contributed by atoms with Crippen LogP contribution in [-0.2, 0) is 17.6 Å². The minimum Gasteiger partial charge on any atom is -0.365 e. The van der Waals surface area contributed by atoms with Crippen molar-refractivity contribution < 1.29 is 9.59 Å². The quantitative estimate of drug-likeness (QED) is 0.641. The lowest BCUT2D eigenvalue weighted by Gasteiger charge is -2.11. The van der Waals surface area contributed by atoms with Gasteiger partial charge in [0.15, 0.2) is 0 Å². The number of thioether (sulfide) groups is 2. The maximum Gasteiger partial charge on any atom is 0.251 e. The van der Waals surface area contributed by atoms with E-state index < -0.39 is 5.91 Å². The van der Waals surface area contributed by atoms with E-state index in [1.165, 1.54) is 39.7 Å². The van der Waals surface area contributed by atoms with Gasteiger partial charge in [-0.3, -0.25) is 14.6 Å². The first kappa shape index (κ1) is 17.4. The van der Waals surface area contributed by atoms with Gasteiger partial charge in [0.05, 0.1) is 5.56 Å². The molecule has 5 nitrogen and oxygen atoms in total. The molecular weight excluding hydrogens is 338 g/mol. The Labute approximate surface area is 142 Å². The molecule has 0 aliphatic heterocycles. The number of rotatable bonds is 4. The summed E-state index contributed by atoms with van der Waals surface area (Å²) >= 11 is 4.49. The van der Waals surface area contributed by atoms with Gasteiger partial charge in [-0.1, -0.05) is 0 Å². The van der Waals surface area contributed by atoms with Crippen molar-refractivity contribution in [1.29, 1.82) is 0 Å². The van der Waals surface area contributed by atoms with Gasteiger partial charge in [-0.2, -0.15) is 0 Å². The van der Waals surface area contributed by atoms with Crippen LogP contribution in [0.2, 0.25) is 0 Å². The summed E-state index contributed by atoms with van der Waals surface area (Å²) in [6, 6.07) is 0. The highest BCUT2D eigenvalue weighted by molar-refractivity contribution is 8.38. The van der Waals surface area contributed by atoms with Crippen molar-refractivity contribution in [2.45, 2.75) is 25.7 Å². The lowest BCUT2D eigenvalue weighted by Crippen LogP contribution is -2.20. The molecule has 1 aromatic rings. The number of aliphatic imine (C=N–C) groups is 1. The number of anilines is 1. The van der Waals surface area contributed by atoms with E-state index in [-0.39, 0.29) is 12.5 Å². The highest BCUT2D eigenvalue weighted by Gasteiger charge is 2.24. The summed E-state index contributed by atoms with van der Waals surface area (Å²) in [7, 11) is 0. The predicted octanol–water partition coefficient (Wildman–Crippen LogP) is 2.75. The van der Waals surface area contributed by atoms with Gasteiger partial charge >= 0.3 is 0 Å². The van der Waals surface area contributed by atoms with Crippen LogP contribution in [0.5, 0.6) is 0 Å². The third-order valence-electron chi connectivity index (χ3n) is 3.37. The lowest BCUT2D eigenvalue weighted by atomic mass is 9.95. The number of fused-ring (bicyclic) bond motifs is 1. The number of hydrogen-bond acceptors (Lipinski definition) is 6. The van der Waals surface area contributed by atoms with Crippen LogP contribution in [0.4, 0.5) is 5.00 Å². The van der Waals surface area contributed by atoms with Crippen molar-refractivity contribution in [3.05, 3.63) is 16.0 Å². The molecule has 22 heavy (non-hydrogen) atoms. The third-order valence-corrected chi connectivity index (χ3v) is 6.54. The molecule has 3 N–H and O–H groups in total. The number of carbonyl (C=O) groups excluding carboxylic acids is 2. The molecule has 0 saturated carbocycles. The van der Waals surface area contributed by atoms with Gasteiger partial charge in [-0.05, 0) is 43.8 Å². The smallest absolute Gasteiger partial charge is 0.251 e. The number of thiophene rings is 1. The van der Waals surface area contributed by atoms with Crippen LogP contribution in [0.25, 0.3) is 0 Å². The first-order valence-corrected chi connectivity index (χ1v) is 10.2. The van der Waals surface area contributed by atoms with Crippen LogP contribution in [0.15, 0.2) is 4.99 Å². The minimum atomic E-state index is -0.466. The Bertz CT molecular complexity index is 605. The molecule has 1 heterocycles. The third kappa shape index (κ3) is 4.05. The number of nitrogens with one attached hydrogen (secondary N) is 1. The van der Waals surface area contributed by atoms with Crippen LogP contribution < -0.4 is 11.1 Å². The number of nitrogens with two attached hydrogens (primary N) is 1. The van der Waals surface area contributed by atoms with E-state index in [2.05, 4.69) is 10.3 Å². The van der Waals surface area contributed by atoms with Crippen LogP contribution >= 0.6 is 34.9 Å². The second-order valence-corrected chi connectivity index (χ2v) is 7.77. The minimum absolute atomic E-state index is 0.0534. The predicted molar refractivity (Wildman–Crippen MR) is 97.4 cm³/mol. The molecule has 2 amide bonds. The summed E-state index contributed by atoms with van der Waals surface area (Å²) in [5.41, 5.74) is 7.02. The zero-order valence-corrected chi connectivity index (χ0v) is 15.1. The van der Waals surface area contributed by atoms with E-state index in [4.69, 9.17) is 5.73 Å². The molecule has 1 aromatic heterocycles. The van der Waals surface area contributed by atoms with Crippen molar-refractivity contribution in [1.82, 2.24) is 0 Å². The number of carbonyl (C=O) groups is 2. The van der Waals surface area contributed by atoms with Crippen LogP contribution in [-0.4, -0.2) is 35.2 Å². The van der Waals surface area contributed by atoms with E-state index in [1.54, 1.807) is 0 Å². The summed E-state index contributed by atoms with van der Waals surface area (Å²) < 4.78 is 0.857. The lowest BCUT2D eigenvalue weighted by molar-refractivity contribution is -0.114. The maximum atomic E-state index is 12.1. The monoisotopic (exact) mass is 357 g/mol. The number of primary amides is 1. The molecule has 0 unspecified atom stereocenters. The van der Waals surface area contributed by atoms with Crippen LogP contribution in [0.1, 0.15) is 33.6 Å².